The molecule has 0 aromatic carbocycles. The Morgan fingerprint density at radius 1 is 1.47 bits per heavy atom. The van der Waals surface area contributed by atoms with Gasteiger partial charge in [0.15, 0.2) is 0 Å². The molecule has 2 amide bonds. The van der Waals surface area contributed by atoms with E-state index in [4.69, 9.17) is 5.11 Å². The van der Waals surface area contributed by atoms with Gasteiger partial charge in [0.1, 0.15) is 0 Å². The number of urea groups is 1. The van der Waals surface area contributed by atoms with Crippen LogP contribution in [-0.4, -0.2) is 50.8 Å². The summed E-state index contributed by atoms with van der Waals surface area (Å²) < 4.78 is 0. The highest BCUT2D eigenvalue weighted by atomic mass is 16.4. The summed E-state index contributed by atoms with van der Waals surface area (Å²) in [7, 11) is 0. The smallest absolute Gasteiger partial charge is 0.337 e. The number of nitrogens with zero attached hydrogens (tertiary/aromatic N) is 2. The summed E-state index contributed by atoms with van der Waals surface area (Å²) in [5.41, 5.74) is -0.541. The Kier molecular flexibility index (Phi) is 3.39. The molecule has 2 rings (SSSR count). The van der Waals surface area contributed by atoms with Crippen molar-refractivity contribution in [2.45, 2.75) is 18.9 Å². The number of carboxylic acids is 1. The number of hydrogen-bond donors (Lipinski definition) is 3. The number of amides is 2. The molecular formula is C12H15N3O4. The zero-order chi connectivity index (χ0) is 14.0. The van der Waals surface area contributed by atoms with Gasteiger partial charge in [0, 0.05) is 12.7 Å². The van der Waals surface area contributed by atoms with Crippen LogP contribution in [0.3, 0.4) is 0 Å². The SMILES string of the molecule is CC1(O)CCN(C(=O)Nc2cncc(C(=O)O)c2)C1. The van der Waals surface area contributed by atoms with E-state index in [2.05, 4.69) is 10.3 Å². The summed E-state index contributed by atoms with van der Waals surface area (Å²) in [5, 5.41) is 21.2. The summed E-state index contributed by atoms with van der Waals surface area (Å²) >= 11 is 0. The molecule has 1 fully saturated rings. The van der Waals surface area contributed by atoms with Crippen LogP contribution in [0.25, 0.3) is 0 Å². The number of aliphatic hydroxyl groups is 1. The fourth-order valence-electron chi connectivity index (χ4n) is 1.95. The van der Waals surface area contributed by atoms with Crippen LogP contribution in [0.5, 0.6) is 0 Å². The summed E-state index contributed by atoms with van der Waals surface area (Å²) in [5.74, 6) is -1.10. The van der Waals surface area contributed by atoms with E-state index < -0.39 is 11.6 Å². The lowest BCUT2D eigenvalue weighted by atomic mass is 10.1. The number of carboxylic acid groups (broad SMARTS) is 1. The number of carbonyl (C=O) groups is 2. The quantitative estimate of drug-likeness (QED) is 0.732. The normalized spacial score (nSPS) is 22.3. The molecular weight excluding hydrogens is 250 g/mol. The summed E-state index contributed by atoms with van der Waals surface area (Å²) in [6, 6.07) is 0.962. The highest BCUT2D eigenvalue weighted by Crippen LogP contribution is 2.21. The molecule has 0 spiro atoms. The van der Waals surface area contributed by atoms with Crippen LogP contribution in [0, 0.1) is 0 Å². The predicted molar refractivity (Wildman–Crippen MR) is 67.0 cm³/mol. The van der Waals surface area contributed by atoms with Gasteiger partial charge in [0.2, 0.25) is 0 Å². The average Bonchev–Trinajstić information content (AvgIpc) is 2.70. The van der Waals surface area contributed by atoms with Crippen molar-refractivity contribution in [2.75, 3.05) is 18.4 Å². The van der Waals surface area contributed by atoms with Crippen molar-refractivity contribution < 1.29 is 19.8 Å². The Morgan fingerprint density at radius 2 is 2.21 bits per heavy atom. The molecule has 0 bridgehead atoms. The zero-order valence-corrected chi connectivity index (χ0v) is 10.5. The molecule has 3 N–H and O–H groups in total. The summed E-state index contributed by atoms with van der Waals surface area (Å²) in [4.78, 5) is 27.9. The number of hydrogen-bond acceptors (Lipinski definition) is 4. The van der Waals surface area contributed by atoms with E-state index in [0.717, 1.165) is 0 Å². The molecule has 7 heteroatoms. The predicted octanol–water partition coefficient (Wildman–Crippen LogP) is 0.768. The molecule has 2 heterocycles. The van der Waals surface area contributed by atoms with E-state index in [1.807, 2.05) is 0 Å². The summed E-state index contributed by atoms with van der Waals surface area (Å²) in [6.45, 7) is 2.39. The lowest BCUT2D eigenvalue weighted by Gasteiger charge is -2.19. The van der Waals surface area contributed by atoms with Crippen LogP contribution in [0.1, 0.15) is 23.7 Å². The second kappa shape index (κ2) is 4.85. The molecule has 1 aliphatic heterocycles. The number of anilines is 1. The minimum absolute atomic E-state index is 0.00576. The monoisotopic (exact) mass is 265 g/mol. The van der Waals surface area contributed by atoms with Gasteiger partial charge >= 0.3 is 12.0 Å². The molecule has 102 valence electrons. The van der Waals surface area contributed by atoms with Gasteiger partial charge in [0.05, 0.1) is 29.6 Å². The van der Waals surface area contributed by atoms with Crippen molar-refractivity contribution in [3.63, 3.8) is 0 Å². The highest BCUT2D eigenvalue weighted by Gasteiger charge is 2.33. The number of aromatic nitrogens is 1. The highest BCUT2D eigenvalue weighted by molar-refractivity contribution is 5.92. The number of pyridine rings is 1. The van der Waals surface area contributed by atoms with E-state index in [9.17, 15) is 14.7 Å². The van der Waals surface area contributed by atoms with E-state index in [1.54, 1.807) is 6.92 Å². The number of likely N-dealkylation sites (tertiary alicyclic amines) is 1. The number of aromatic carboxylic acids is 1. The van der Waals surface area contributed by atoms with Crippen molar-refractivity contribution >= 4 is 17.7 Å². The van der Waals surface area contributed by atoms with Gasteiger partial charge in [-0.3, -0.25) is 4.98 Å². The van der Waals surface area contributed by atoms with Crippen molar-refractivity contribution in [1.29, 1.82) is 0 Å². The minimum Gasteiger partial charge on any atom is -0.478 e. The Balaban J connectivity index is 2.03. The van der Waals surface area contributed by atoms with Crippen molar-refractivity contribution in [3.05, 3.63) is 24.0 Å². The number of carbonyl (C=O) groups excluding carboxylic acids is 1. The molecule has 7 nitrogen and oxygen atoms in total. The van der Waals surface area contributed by atoms with Gasteiger partial charge in [-0.15, -0.1) is 0 Å². The Bertz CT molecular complexity index is 515. The first-order valence-corrected chi connectivity index (χ1v) is 5.84. The van der Waals surface area contributed by atoms with Crippen molar-refractivity contribution in [1.82, 2.24) is 9.88 Å². The third-order valence-corrected chi connectivity index (χ3v) is 2.98. The molecule has 19 heavy (non-hydrogen) atoms. The number of nitrogens with one attached hydrogen (secondary N) is 1. The molecule has 1 aromatic heterocycles. The molecule has 0 radical (unpaired) electrons. The lowest BCUT2D eigenvalue weighted by Crippen LogP contribution is -2.36. The third kappa shape index (κ3) is 3.19. The van der Waals surface area contributed by atoms with E-state index in [0.29, 0.717) is 18.7 Å². The van der Waals surface area contributed by atoms with E-state index in [1.165, 1.54) is 23.4 Å². The van der Waals surface area contributed by atoms with Gasteiger partial charge in [0.25, 0.3) is 0 Å². The van der Waals surface area contributed by atoms with Crippen molar-refractivity contribution in [2.24, 2.45) is 0 Å². The van der Waals surface area contributed by atoms with E-state index >= 15 is 0 Å². The van der Waals surface area contributed by atoms with Crippen LogP contribution in [0.15, 0.2) is 18.5 Å². The van der Waals surface area contributed by atoms with Gasteiger partial charge < -0.3 is 20.4 Å². The van der Waals surface area contributed by atoms with Crippen LogP contribution in [-0.2, 0) is 0 Å². The van der Waals surface area contributed by atoms with Gasteiger partial charge in [-0.1, -0.05) is 0 Å². The van der Waals surface area contributed by atoms with E-state index in [-0.39, 0.29) is 18.1 Å². The molecule has 1 unspecified atom stereocenters. The number of rotatable bonds is 2. The number of β-amino-alcohol motifs (C(OH)–C–C–N with tert-alkyl or cyclic N) is 1. The van der Waals surface area contributed by atoms with Gasteiger partial charge in [-0.2, -0.15) is 0 Å². The fourth-order valence-corrected chi connectivity index (χ4v) is 1.95. The van der Waals surface area contributed by atoms with Crippen LogP contribution < -0.4 is 5.32 Å². The van der Waals surface area contributed by atoms with Gasteiger partial charge in [-0.25, -0.2) is 9.59 Å². The first-order valence-electron chi connectivity index (χ1n) is 5.84. The molecule has 1 aliphatic rings. The maximum Gasteiger partial charge on any atom is 0.337 e. The molecule has 0 aliphatic carbocycles. The molecule has 1 aromatic rings. The maximum atomic E-state index is 11.9. The Hall–Kier alpha value is -2.15. The van der Waals surface area contributed by atoms with Crippen LogP contribution >= 0.6 is 0 Å². The molecule has 1 saturated heterocycles. The Labute approximate surface area is 109 Å². The molecule has 1 atom stereocenters. The van der Waals surface area contributed by atoms with Crippen LogP contribution in [0.2, 0.25) is 0 Å². The second-order valence-electron chi connectivity index (χ2n) is 4.87. The molecule has 0 saturated carbocycles. The minimum atomic E-state index is -1.10. The zero-order valence-electron chi connectivity index (χ0n) is 10.5. The van der Waals surface area contributed by atoms with Gasteiger partial charge in [-0.05, 0) is 19.4 Å². The first-order chi connectivity index (χ1) is 8.87. The topological polar surface area (TPSA) is 103 Å². The first kappa shape index (κ1) is 13.3. The Morgan fingerprint density at radius 3 is 2.79 bits per heavy atom. The lowest BCUT2D eigenvalue weighted by molar-refractivity contribution is 0.0695. The fraction of sp³-hybridized carbons (Fsp3) is 0.417. The van der Waals surface area contributed by atoms with Crippen LogP contribution in [0.4, 0.5) is 10.5 Å². The average molecular weight is 265 g/mol. The summed E-state index contributed by atoms with van der Waals surface area (Å²) in [6.07, 6.45) is 3.10. The second-order valence-corrected chi connectivity index (χ2v) is 4.87. The third-order valence-electron chi connectivity index (χ3n) is 2.98. The largest absolute Gasteiger partial charge is 0.478 e. The maximum absolute atomic E-state index is 11.9. The standard InChI is InChI=1S/C12H15N3O4/c1-12(19)2-3-15(7-12)11(18)14-9-4-8(10(16)17)5-13-6-9/h4-6,19H,2-3,7H2,1H3,(H,14,18)(H,16,17). The van der Waals surface area contributed by atoms with Crippen molar-refractivity contribution in [3.8, 4) is 0 Å².